The summed E-state index contributed by atoms with van der Waals surface area (Å²) in [5.41, 5.74) is 0. The van der Waals surface area contributed by atoms with Crippen molar-refractivity contribution in [3.05, 3.63) is 0 Å². The standard InChI is InChI=1S/C10H26OSi2/c1-7-10(8-2,12-9-3)11-13(4,5)6/h7-9,12H2,1-6H3. The summed E-state index contributed by atoms with van der Waals surface area (Å²) in [7, 11) is -1.38. The third-order valence-corrected chi connectivity index (χ3v) is 6.41. The fourth-order valence-corrected chi connectivity index (χ4v) is 6.82. The second kappa shape index (κ2) is 5.32. The molecule has 0 aliphatic heterocycles. The molecule has 0 aromatic carbocycles. The number of hydrogen-bond donors (Lipinski definition) is 0. The fraction of sp³-hybridized carbons (Fsp3) is 1.00. The molecule has 1 nitrogen and oxygen atoms in total. The summed E-state index contributed by atoms with van der Waals surface area (Å²) in [6.07, 6.45) is 2.43. The number of hydrogen-bond acceptors (Lipinski definition) is 1. The van der Waals surface area contributed by atoms with Crippen molar-refractivity contribution in [2.75, 3.05) is 0 Å². The molecule has 0 bridgehead atoms. The SMILES string of the molecule is CC[SiH2]C(CC)(CC)O[Si](C)(C)C. The maximum absolute atomic E-state index is 6.36. The smallest absolute Gasteiger partial charge is 0.184 e. The van der Waals surface area contributed by atoms with E-state index in [0.29, 0.717) is 5.22 Å². The molecular formula is C10H26OSi2. The molecule has 0 rings (SSSR count). The minimum Gasteiger partial charge on any atom is -0.416 e. The van der Waals surface area contributed by atoms with Crippen LogP contribution in [0.4, 0.5) is 0 Å². The quantitative estimate of drug-likeness (QED) is 0.623. The Hall–Kier alpha value is 0.394. The Morgan fingerprint density at radius 3 is 1.77 bits per heavy atom. The molecule has 3 heteroatoms. The third-order valence-electron chi connectivity index (χ3n) is 2.52. The average Bonchev–Trinajstić information content (AvgIpc) is 2.01. The van der Waals surface area contributed by atoms with Crippen LogP contribution in [0.5, 0.6) is 0 Å². The van der Waals surface area contributed by atoms with Crippen LogP contribution in [0.15, 0.2) is 0 Å². The maximum Gasteiger partial charge on any atom is 0.184 e. The van der Waals surface area contributed by atoms with Gasteiger partial charge in [0.2, 0.25) is 0 Å². The van der Waals surface area contributed by atoms with Crippen LogP contribution in [0.2, 0.25) is 25.7 Å². The van der Waals surface area contributed by atoms with Crippen LogP contribution >= 0.6 is 0 Å². The monoisotopic (exact) mass is 218 g/mol. The molecule has 0 atom stereocenters. The zero-order chi connectivity index (χ0) is 10.5. The lowest BCUT2D eigenvalue weighted by molar-refractivity contribution is 0.135. The molecule has 0 spiro atoms. The van der Waals surface area contributed by atoms with E-state index in [9.17, 15) is 0 Å². The van der Waals surface area contributed by atoms with Crippen molar-refractivity contribution in [3.63, 3.8) is 0 Å². The first-order chi connectivity index (χ1) is 5.89. The zero-order valence-corrected chi connectivity index (χ0v) is 12.7. The van der Waals surface area contributed by atoms with Gasteiger partial charge in [-0.15, -0.1) is 0 Å². The summed E-state index contributed by atoms with van der Waals surface area (Å²) in [5, 5.41) is 0.319. The van der Waals surface area contributed by atoms with Crippen molar-refractivity contribution in [1.29, 1.82) is 0 Å². The maximum atomic E-state index is 6.36. The molecule has 0 radical (unpaired) electrons. The first-order valence-corrected chi connectivity index (χ1v) is 10.7. The molecule has 0 fully saturated rings. The highest BCUT2D eigenvalue weighted by molar-refractivity contribution is 6.70. The van der Waals surface area contributed by atoms with Gasteiger partial charge in [-0.2, -0.15) is 0 Å². The van der Waals surface area contributed by atoms with Crippen LogP contribution in [0.1, 0.15) is 33.6 Å². The number of rotatable bonds is 6. The van der Waals surface area contributed by atoms with Gasteiger partial charge in [0.15, 0.2) is 8.32 Å². The molecular weight excluding hydrogens is 192 g/mol. The summed E-state index contributed by atoms with van der Waals surface area (Å²) >= 11 is 0. The molecule has 0 saturated carbocycles. The first-order valence-electron chi connectivity index (χ1n) is 5.59. The lowest BCUT2D eigenvalue weighted by Gasteiger charge is -2.38. The first kappa shape index (κ1) is 13.4. The molecule has 0 aromatic rings. The van der Waals surface area contributed by atoms with Gasteiger partial charge < -0.3 is 4.43 Å². The van der Waals surface area contributed by atoms with E-state index in [1.165, 1.54) is 18.9 Å². The van der Waals surface area contributed by atoms with Crippen LogP contribution in [-0.4, -0.2) is 23.1 Å². The van der Waals surface area contributed by atoms with E-state index in [-0.39, 0.29) is 9.52 Å². The summed E-state index contributed by atoms with van der Waals surface area (Å²) in [6, 6.07) is 1.37. The Labute approximate surface area is 87.2 Å². The molecule has 0 amide bonds. The van der Waals surface area contributed by atoms with Gasteiger partial charge in [0.1, 0.15) is 0 Å². The van der Waals surface area contributed by atoms with E-state index in [4.69, 9.17) is 4.43 Å². The predicted octanol–water partition coefficient (Wildman–Crippen LogP) is 2.96. The molecule has 0 aromatic heterocycles. The van der Waals surface area contributed by atoms with Gasteiger partial charge >= 0.3 is 0 Å². The molecule has 0 aliphatic carbocycles. The van der Waals surface area contributed by atoms with Crippen molar-refractivity contribution in [1.82, 2.24) is 0 Å². The zero-order valence-electron chi connectivity index (χ0n) is 10.2. The van der Waals surface area contributed by atoms with Crippen LogP contribution in [0.25, 0.3) is 0 Å². The summed E-state index contributed by atoms with van der Waals surface area (Å²) < 4.78 is 6.36. The van der Waals surface area contributed by atoms with Gasteiger partial charge in [0.25, 0.3) is 0 Å². The Morgan fingerprint density at radius 2 is 1.54 bits per heavy atom. The fourth-order valence-electron chi connectivity index (χ4n) is 1.90. The summed E-state index contributed by atoms with van der Waals surface area (Å²) in [5.74, 6) is 0. The molecule has 0 saturated heterocycles. The molecule has 0 aliphatic rings. The molecule has 0 N–H and O–H groups in total. The summed E-state index contributed by atoms with van der Waals surface area (Å²) in [6.45, 7) is 13.8. The largest absolute Gasteiger partial charge is 0.416 e. The highest BCUT2D eigenvalue weighted by Gasteiger charge is 2.31. The van der Waals surface area contributed by atoms with Gasteiger partial charge in [-0.25, -0.2) is 0 Å². The third kappa shape index (κ3) is 4.98. The predicted molar refractivity (Wildman–Crippen MR) is 66.8 cm³/mol. The second-order valence-corrected chi connectivity index (χ2v) is 12.1. The van der Waals surface area contributed by atoms with E-state index >= 15 is 0 Å². The molecule has 13 heavy (non-hydrogen) atoms. The Morgan fingerprint density at radius 1 is 1.08 bits per heavy atom. The van der Waals surface area contributed by atoms with Gasteiger partial charge in [0.05, 0.1) is 9.52 Å². The van der Waals surface area contributed by atoms with Crippen molar-refractivity contribution in [2.24, 2.45) is 0 Å². The van der Waals surface area contributed by atoms with Gasteiger partial charge in [-0.3, -0.25) is 0 Å². The Kier molecular flexibility index (Phi) is 5.48. The van der Waals surface area contributed by atoms with Gasteiger partial charge in [-0.1, -0.05) is 26.8 Å². The van der Waals surface area contributed by atoms with E-state index < -0.39 is 8.32 Å². The van der Waals surface area contributed by atoms with Gasteiger partial charge in [-0.05, 0) is 32.5 Å². The van der Waals surface area contributed by atoms with Crippen LogP contribution in [0, 0.1) is 0 Å². The van der Waals surface area contributed by atoms with E-state index in [1.807, 2.05) is 0 Å². The van der Waals surface area contributed by atoms with E-state index in [2.05, 4.69) is 40.4 Å². The Bertz CT molecular complexity index is 136. The van der Waals surface area contributed by atoms with Crippen molar-refractivity contribution in [3.8, 4) is 0 Å². The van der Waals surface area contributed by atoms with Crippen molar-refractivity contribution >= 4 is 17.8 Å². The topological polar surface area (TPSA) is 9.23 Å². The minimum atomic E-state index is -1.34. The minimum absolute atomic E-state index is 0.0385. The Balaban J connectivity index is 4.38. The van der Waals surface area contributed by atoms with Crippen molar-refractivity contribution < 1.29 is 4.43 Å². The highest BCUT2D eigenvalue weighted by atomic mass is 28.4. The lowest BCUT2D eigenvalue weighted by atomic mass is 10.2. The molecule has 0 heterocycles. The van der Waals surface area contributed by atoms with Crippen molar-refractivity contribution in [2.45, 2.75) is 64.5 Å². The average molecular weight is 218 g/mol. The van der Waals surface area contributed by atoms with Crippen LogP contribution in [0.3, 0.4) is 0 Å². The highest BCUT2D eigenvalue weighted by Crippen LogP contribution is 2.25. The van der Waals surface area contributed by atoms with E-state index in [1.54, 1.807) is 0 Å². The van der Waals surface area contributed by atoms with Crippen LogP contribution < -0.4 is 0 Å². The molecule has 80 valence electrons. The molecule has 0 unspecified atom stereocenters. The summed E-state index contributed by atoms with van der Waals surface area (Å²) in [4.78, 5) is 0. The van der Waals surface area contributed by atoms with E-state index in [0.717, 1.165) is 0 Å². The second-order valence-electron chi connectivity index (χ2n) is 4.85. The normalized spacial score (nSPS) is 14.3. The lowest BCUT2D eigenvalue weighted by Crippen LogP contribution is -2.46. The van der Waals surface area contributed by atoms with Crippen LogP contribution in [-0.2, 0) is 4.43 Å². The van der Waals surface area contributed by atoms with Gasteiger partial charge in [0, 0.05) is 5.22 Å².